The molecule has 0 aromatic heterocycles. The third kappa shape index (κ3) is 7.27. The molecular weight excluding hydrogens is 656 g/mol. The molecule has 5 rings (SSSR count). The van der Waals surface area contributed by atoms with E-state index in [1.54, 1.807) is 4.90 Å². The summed E-state index contributed by atoms with van der Waals surface area (Å²) in [5.74, 6) is -3.93. The molecule has 7 atom stereocenters. The fourth-order valence-corrected chi connectivity index (χ4v) is 11.1. The molecule has 0 radical (unpaired) electrons. The number of piperazine rings is 1. The van der Waals surface area contributed by atoms with Gasteiger partial charge in [0, 0.05) is 74.1 Å². The van der Waals surface area contributed by atoms with Gasteiger partial charge in [0.1, 0.15) is 5.78 Å². The van der Waals surface area contributed by atoms with Crippen molar-refractivity contribution in [2.24, 2.45) is 56.5 Å². The van der Waals surface area contributed by atoms with E-state index >= 15 is 0 Å². The minimum atomic E-state index is -1.01. The van der Waals surface area contributed by atoms with E-state index in [2.05, 4.69) is 33.0 Å². The normalized spacial score (nSPS) is 29.9. The second-order valence-corrected chi connectivity index (χ2v) is 20.5. The predicted octanol–water partition coefficient (Wildman–Crippen LogP) is 5.49. The Morgan fingerprint density at radius 3 is 1.75 bits per heavy atom. The maximum absolute atomic E-state index is 15.0. The van der Waals surface area contributed by atoms with Gasteiger partial charge in [-0.3, -0.25) is 28.8 Å². The number of carbonyl (C=O) groups is 6. The van der Waals surface area contributed by atoms with Crippen molar-refractivity contribution in [3.63, 3.8) is 0 Å². The molecule has 3 N–H and O–H groups in total. The molecule has 5 fully saturated rings. The Morgan fingerprint density at radius 2 is 1.33 bits per heavy atom. The van der Waals surface area contributed by atoms with Crippen LogP contribution in [-0.4, -0.2) is 82.6 Å². The quantitative estimate of drug-likeness (QED) is 0.239. The Morgan fingerprint density at radius 1 is 0.788 bits per heavy atom. The van der Waals surface area contributed by atoms with Crippen molar-refractivity contribution >= 4 is 35.1 Å². The zero-order valence-corrected chi connectivity index (χ0v) is 33.9. The smallest absolute Gasteiger partial charge is 0.285 e. The highest BCUT2D eigenvalue weighted by Gasteiger charge is 2.85. The van der Waals surface area contributed by atoms with E-state index < -0.39 is 46.3 Å². The Hall–Kier alpha value is -2.62. The largest absolute Gasteiger partial charge is 0.363 e. The van der Waals surface area contributed by atoms with Crippen molar-refractivity contribution in [3.8, 4) is 0 Å². The van der Waals surface area contributed by atoms with Gasteiger partial charge in [-0.1, -0.05) is 81.1 Å². The number of fused-ring (bicyclic) bond motifs is 1. The van der Waals surface area contributed by atoms with Gasteiger partial charge in [-0.2, -0.15) is 0 Å². The number of nitrogens with two attached hydrogens (primary N) is 1. The van der Waals surface area contributed by atoms with Gasteiger partial charge in [0.2, 0.25) is 17.6 Å². The first-order valence-corrected chi connectivity index (χ1v) is 20.2. The van der Waals surface area contributed by atoms with E-state index in [1.165, 1.54) is 0 Å². The van der Waals surface area contributed by atoms with Crippen LogP contribution in [0.15, 0.2) is 0 Å². The third-order valence-corrected chi connectivity index (χ3v) is 14.8. The van der Waals surface area contributed by atoms with Crippen molar-refractivity contribution in [1.29, 1.82) is 0 Å². The molecule has 3 aliphatic carbocycles. The van der Waals surface area contributed by atoms with E-state index in [1.807, 2.05) is 46.4 Å². The first-order valence-electron chi connectivity index (χ1n) is 20.2. The molecule has 0 bridgehead atoms. The number of amides is 3. The van der Waals surface area contributed by atoms with Crippen LogP contribution in [0.4, 0.5) is 0 Å². The summed E-state index contributed by atoms with van der Waals surface area (Å²) in [6.45, 7) is 22.2. The highest BCUT2D eigenvalue weighted by molar-refractivity contribution is 6.36. The van der Waals surface area contributed by atoms with Gasteiger partial charge in [-0.15, -0.1) is 0 Å². The summed E-state index contributed by atoms with van der Waals surface area (Å²) in [5, 5.41) is 3.47. The Labute approximate surface area is 312 Å². The number of nitrogens with one attached hydrogen (secondary N) is 1. The van der Waals surface area contributed by atoms with E-state index in [4.69, 9.17) is 5.73 Å². The van der Waals surface area contributed by atoms with Gasteiger partial charge in [-0.05, 0) is 67.1 Å². The van der Waals surface area contributed by atoms with E-state index in [0.29, 0.717) is 38.4 Å². The molecule has 292 valence electrons. The van der Waals surface area contributed by atoms with Crippen LogP contribution in [0.5, 0.6) is 0 Å². The van der Waals surface area contributed by atoms with Crippen molar-refractivity contribution in [3.05, 3.63) is 0 Å². The van der Waals surface area contributed by atoms with Crippen LogP contribution in [0.1, 0.15) is 140 Å². The molecule has 1 unspecified atom stereocenters. The van der Waals surface area contributed by atoms with Crippen LogP contribution in [0.25, 0.3) is 0 Å². The van der Waals surface area contributed by atoms with Gasteiger partial charge in [0.25, 0.3) is 5.91 Å². The lowest BCUT2D eigenvalue weighted by Crippen LogP contribution is -2.58. The topological polar surface area (TPSA) is 147 Å². The summed E-state index contributed by atoms with van der Waals surface area (Å²) < 4.78 is 0. The Bertz CT molecular complexity index is 1440. The van der Waals surface area contributed by atoms with Gasteiger partial charge >= 0.3 is 0 Å². The minimum Gasteiger partial charge on any atom is -0.363 e. The molecule has 5 aliphatic rings. The van der Waals surface area contributed by atoms with Gasteiger partial charge in [0.05, 0.1) is 6.04 Å². The van der Waals surface area contributed by atoms with Crippen molar-refractivity contribution in [2.75, 3.05) is 19.6 Å². The summed E-state index contributed by atoms with van der Waals surface area (Å²) in [4.78, 5) is 86.3. The molecule has 3 amide bonds. The lowest BCUT2D eigenvalue weighted by atomic mass is 9.73. The SMILES string of the molecule is C[C@H]1CN(C(=O)[C@@H](CC(=O)C[C@H](C(=O)N2C[C@]3(C[C@H]2C(=O)CC(CC2CCC2)C(=O)C(N)=O)C(C)(C)C32CCC2)C(C)(C)C)C(C)(C)C)C[C@H](C)N1. The van der Waals surface area contributed by atoms with Gasteiger partial charge in [-0.25, -0.2) is 0 Å². The fraction of sp³-hybridized carbons (Fsp3) is 0.857. The molecule has 10 heteroatoms. The maximum atomic E-state index is 15.0. The number of carbonyl (C=O) groups excluding carboxylic acids is 6. The lowest BCUT2D eigenvalue weighted by molar-refractivity contribution is -0.147. The molecule has 2 spiro atoms. The Kier molecular flexibility index (Phi) is 11.1. The number of nitrogens with zero attached hydrogens (tertiary/aromatic N) is 2. The highest BCUT2D eigenvalue weighted by atomic mass is 16.2. The van der Waals surface area contributed by atoms with Crippen LogP contribution >= 0.6 is 0 Å². The summed E-state index contributed by atoms with van der Waals surface area (Å²) in [6.07, 6.45) is 7.24. The van der Waals surface area contributed by atoms with Crippen molar-refractivity contribution < 1.29 is 28.8 Å². The predicted molar refractivity (Wildman–Crippen MR) is 201 cm³/mol. The number of hydrogen-bond donors (Lipinski definition) is 2. The van der Waals surface area contributed by atoms with Crippen LogP contribution in [-0.2, 0) is 28.8 Å². The molecule has 0 aromatic rings. The van der Waals surface area contributed by atoms with Crippen molar-refractivity contribution in [2.45, 2.75) is 158 Å². The monoisotopic (exact) mass is 725 g/mol. The molecule has 3 saturated carbocycles. The van der Waals surface area contributed by atoms with Crippen LogP contribution in [0, 0.1) is 50.7 Å². The summed E-state index contributed by atoms with van der Waals surface area (Å²) >= 11 is 0. The van der Waals surface area contributed by atoms with E-state index in [9.17, 15) is 28.8 Å². The second kappa shape index (κ2) is 14.2. The number of hydrogen-bond acceptors (Lipinski definition) is 7. The summed E-state index contributed by atoms with van der Waals surface area (Å²) in [5.41, 5.74) is 4.24. The molecule has 52 heavy (non-hydrogen) atoms. The van der Waals surface area contributed by atoms with Gasteiger partial charge < -0.3 is 20.9 Å². The molecule has 2 aliphatic heterocycles. The van der Waals surface area contributed by atoms with Crippen LogP contribution in [0.2, 0.25) is 0 Å². The molecule has 2 heterocycles. The van der Waals surface area contributed by atoms with E-state index in [0.717, 1.165) is 38.5 Å². The lowest BCUT2D eigenvalue weighted by Gasteiger charge is -2.41. The van der Waals surface area contributed by atoms with Gasteiger partial charge in [0.15, 0.2) is 5.78 Å². The standard InChI is InChI=1S/C42H68N4O6/c1-25-22-45(23-26(2)44-25)36(51)30(38(3,4)5)19-29(47)20-31(39(6,7)8)37(52)46-24-42(40(9,10)41(42)15-12-16-41)21-32(46)33(48)18-28(34(49)35(43)50)17-27-13-11-14-27/h25-28,30-32,44H,11-24H2,1-10H3,(H2,43,50)/t25-,26-,28?,30+,31+,32-,42+/m0/s1. The van der Waals surface area contributed by atoms with E-state index in [-0.39, 0.29) is 71.0 Å². The average Bonchev–Trinajstić information content (AvgIpc) is 3.19. The molecule has 10 nitrogen and oxygen atoms in total. The second-order valence-electron chi connectivity index (χ2n) is 20.5. The summed E-state index contributed by atoms with van der Waals surface area (Å²) in [6, 6.07) is -0.412. The first-order chi connectivity index (χ1) is 24.0. The number of likely N-dealkylation sites (tertiary alicyclic amines) is 1. The number of primary amides is 1. The molecular formula is C42H68N4O6. The first kappa shape index (κ1) is 40.6. The number of rotatable bonds is 13. The number of ketones is 3. The Balaban J connectivity index is 1.39. The van der Waals surface area contributed by atoms with Crippen LogP contribution < -0.4 is 11.1 Å². The number of Topliss-reactive ketones (excluding diaryl/α,β-unsaturated/α-hetero) is 3. The molecule has 2 saturated heterocycles. The zero-order valence-electron chi connectivity index (χ0n) is 33.9. The average molecular weight is 725 g/mol. The maximum Gasteiger partial charge on any atom is 0.285 e. The zero-order chi connectivity index (χ0) is 38.8. The van der Waals surface area contributed by atoms with Crippen molar-refractivity contribution in [1.82, 2.24) is 15.1 Å². The minimum absolute atomic E-state index is 0.0139. The third-order valence-electron chi connectivity index (χ3n) is 14.8. The highest BCUT2D eigenvalue weighted by Crippen LogP contribution is 2.88. The fourth-order valence-electron chi connectivity index (χ4n) is 11.1. The summed E-state index contributed by atoms with van der Waals surface area (Å²) in [7, 11) is 0. The van der Waals surface area contributed by atoms with Crippen LogP contribution in [0.3, 0.4) is 0 Å². The molecule has 0 aromatic carbocycles.